The van der Waals surface area contributed by atoms with Crippen LogP contribution in [0.15, 0.2) is 42.5 Å². The molecule has 2 atom stereocenters. The van der Waals surface area contributed by atoms with Gasteiger partial charge in [-0.1, -0.05) is 35.4 Å². The maximum Gasteiger partial charge on any atom is 0.243 e. The van der Waals surface area contributed by atoms with Gasteiger partial charge < -0.3 is 19.5 Å². The first-order valence-electron chi connectivity index (χ1n) is 8.64. The molecule has 2 aromatic carbocycles. The molecule has 1 N–H and O–H groups in total. The molecule has 0 saturated carbocycles. The fourth-order valence-corrected chi connectivity index (χ4v) is 3.53. The maximum atomic E-state index is 5.67. The molecule has 3 aromatic rings. The molecule has 0 amide bonds. The zero-order chi connectivity index (χ0) is 18.8. The number of benzene rings is 2. The van der Waals surface area contributed by atoms with Gasteiger partial charge in [-0.3, -0.25) is 0 Å². The molecule has 0 fully saturated rings. The van der Waals surface area contributed by atoms with E-state index in [1.54, 1.807) is 32.1 Å². The molecule has 0 unspecified atom stereocenters. The van der Waals surface area contributed by atoms with Gasteiger partial charge in [0.15, 0.2) is 11.5 Å². The number of nitrogens with one attached hydrogen (secondary N) is 1. The number of tetrazole rings is 1. The van der Waals surface area contributed by atoms with Crippen molar-refractivity contribution in [2.24, 2.45) is 0 Å². The van der Waals surface area contributed by atoms with Crippen molar-refractivity contribution in [3.8, 4) is 17.2 Å². The van der Waals surface area contributed by atoms with Gasteiger partial charge in [0.2, 0.25) is 5.95 Å². The Morgan fingerprint density at radius 3 is 2.56 bits per heavy atom. The van der Waals surface area contributed by atoms with E-state index in [-0.39, 0.29) is 12.1 Å². The van der Waals surface area contributed by atoms with Crippen LogP contribution in [-0.4, -0.2) is 41.5 Å². The normalized spacial score (nSPS) is 18.3. The number of hydrogen-bond donors (Lipinski definition) is 1. The summed E-state index contributed by atoms with van der Waals surface area (Å²) in [5.41, 5.74) is 2.08. The highest BCUT2D eigenvalue weighted by Crippen LogP contribution is 2.45. The highest BCUT2D eigenvalue weighted by molar-refractivity contribution is 5.54. The minimum absolute atomic E-state index is 0.0663. The van der Waals surface area contributed by atoms with Crippen molar-refractivity contribution in [3.05, 3.63) is 53.6 Å². The Kier molecular flexibility index (Phi) is 4.53. The SMILES string of the molecule is COc1cc(OC)c(OC)c([C@@H]2C[C@H](c3ccccc3)Nc3nnnn32)c1. The van der Waals surface area contributed by atoms with Crippen LogP contribution >= 0.6 is 0 Å². The molecule has 140 valence electrons. The minimum Gasteiger partial charge on any atom is -0.497 e. The number of anilines is 1. The molecular formula is C19H21N5O3. The van der Waals surface area contributed by atoms with Gasteiger partial charge in [0, 0.05) is 11.6 Å². The number of fused-ring (bicyclic) bond motifs is 1. The number of aromatic nitrogens is 4. The van der Waals surface area contributed by atoms with Crippen LogP contribution < -0.4 is 19.5 Å². The van der Waals surface area contributed by atoms with E-state index >= 15 is 0 Å². The molecule has 8 nitrogen and oxygen atoms in total. The third kappa shape index (κ3) is 3.03. The third-order valence-electron chi connectivity index (χ3n) is 4.83. The molecule has 4 rings (SSSR count). The molecule has 1 aromatic heterocycles. The number of ether oxygens (including phenoxy) is 3. The lowest BCUT2D eigenvalue weighted by Gasteiger charge is -2.32. The van der Waals surface area contributed by atoms with Gasteiger partial charge in [0.25, 0.3) is 0 Å². The summed E-state index contributed by atoms with van der Waals surface area (Å²) in [6.45, 7) is 0. The highest BCUT2D eigenvalue weighted by Gasteiger charge is 2.33. The van der Waals surface area contributed by atoms with E-state index in [9.17, 15) is 0 Å². The lowest BCUT2D eigenvalue weighted by atomic mass is 9.92. The van der Waals surface area contributed by atoms with Crippen LogP contribution in [0.1, 0.15) is 29.6 Å². The van der Waals surface area contributed by atoms with Gasteiger partial charge in [0.05, 0.1) is 33.4 Å². The largest absolute Gasteiger partial charge is 0.497 e. The van der Waals surface area contributed by atoms with Crippen LogP contribution in [0, 0.1) is 0 Å². The van der Waals surface area contributed by atoms with Crippen molar-refractivity contribution in [2.75, 3.05) is 26.6 Å². The van der Waals surface area contributed by atoms with Gasteiger partial charge in [-0.2, -0.15) is 0 Å². The number of nitrogens with zero attached hydrogens (tertiary/aromatic N) is 4. The molecule has 0 radical (unpaired) electrons. The van der Waals surface area contributed by atoms with Crippen molar-refractivity contribution in [3.63, 3.8) is 0 Å². The molecule has 0 spiro atoms. The van der Waals surface area contributed by atoms with E-state index in [0.29, 0.717) is 23.2 Å². The lowest BCUT2D eigenvalue weighted by molar-refractivity contribution is 0.333. The van der Waals surface area contributed by atoms with Gasteiger partial charge in [-0.25, -0.2) is 4.68 Å². The molecule has 0 bridgehead atoms. The second-order valence-corrected chi connectivity index (χ2v) is 6.26. The monoisotopic (exact) mass is 367 g/mol. The number of methoxy groups -OCH3 is 3. The summed E-state index contributed by atoms with van der Waals surface area (Å²) in [5.74, 6) is 2.56. The molecule has 1 aliphatic rings. The van der Waals surface area contributed by atoms with Crippen LogP contribution in [-0.2, 0) is 0 Å². The Morgan fingerprint density at radius 2 is 1.85 bits per heavy atom. The summed E-state index contributed by atoms with van der Waals surface area (Å²) in [4.78, 5) is 0. The quantitative estimate of drug-likeness (QED) is 0.742. The molecule has 2 heterocycles. The van der Waals surface area contributed by atoms with E-state index in [1.807, 2.05) is 24.3 Å². The first-order valence-corrected chi connectivity index (χ1v) is 8.64. The first-order chi connectivity index (χ1) is 13.2. The van der Waals surface area contributed by atoms with Crippen LogP contribution in [0.3, 0.4) is 0 Å². The predicted octanol–water partition coefficient (Wildman–Crippen LogP) is 2.85. The fourth-order valence-electron chi connectivity index (χ4n) is 3.53. The highest BCUT2D eigenvalue weighted by atomic mass is 16.5. The summed E-state index contributed by atoms with van der Waals surface area (Å²) in [6.07, 6.45) is 0.745. The van der Waals surface area contributed by atoms with E-state index in [2.05, 4.69) is 33.0 Å². The second kappa shape index (κ2) is 7.14. The standard InChI is InChI=1S/C19H21N5O3/c1-25-13-9-14(18(27-3)17(10-13)26-2)16-11-15(12-7-5-4-6-8-12)20-19-21-22-23-24(16)19/h4-10,15-16H,11H2,1-3H3,(H,20,21,23)/t15-,16+/m1/s1. The van der Waals surface area contributed by atoms with E-state index in [1.165, 1.54) is 5.56 Å². The smallest absolute Gasteiger partial charge is 0.243 e. The van der Waals surface area contributed by atoms with E-state index in [4.69, 9.17) is 14.2 Å². The topological polar surface area (TPSA) is 83.3 Å². The Labute approximate surface area is 157 Å². The van der Waals surface area contributed by atoms with Crippen LogP contribution in [0.4, 0.5) is 5.95 Å². The zero-order valence-electron chi connectivity index (χ0n) is 15.4. The number of rotatable bonds is 5. The van der Waals surface area contributed by atoms with Gasteiger partial charge in [0.1, 0.15) is 5.75 Å². The second-order valence-electron chi connectivity index (χ2n) is 6.26. The van der Waals surface area contributed by atoms with Gasteiger partial charge >= 0.3 is 0 Å². The van der Waals surface area contributed by atoms with E-state index < -0.39 is 0 Å². The maximum absolute atomic E-state index is 5.67. The van der Waals surface area contributed by atoms with E-state index in [0.717, 1.165) is 12.0 Å². The summed E-state index contributed by atoms with van der Waals surface area (Å²) < 4.78 is 18.4. The Balaban J connectivity index is 1.83. The lowest BCUT2D eigenvalue weighted by Crippen LogP contribution is -2.28. The van der Waals surface area contributed by atoms with Crippen molar-refractivity contribution in [2.45, 2.75) is 18.5 Å². The summed E-state index contributed by atoms with van der Waals surface area (Å²) >= 11 is 0. The average molecular weight is 367 g/mol. The van der Waals surface area contributed by atoms with Gasteiger partial charge in [-0.15, -0.1) is 0 Å². The average Bonchev–Trinajstić information content (AvgIpc) is 3.21. The molecule has 0 saturated heterocycles. The van der Waals surface area contributed by atoms with Crippen LogP contribution in [0.25, 0.3) is 0 Å². The Hall–Kier alpha value is -3.29. The molecular weight excluding hydrogens is 346 g/mol. The summed E-state index contributed by atoms with van der Waals surface area (Å²) in [6, 6.07) is 13.9. The minimum atomic E-state index is -0.139. The molecule has 0 aliphatic carbocycles. The van der Waals surface area contributed by atoms with Crippen LogP contribution in [0.2, 0.25) is 0 Å². The predicted molar refractivity (Wildman–Crippen MR) is 99.5 cm³/mol. The Morgan fingerprint density at radius 1 is 1.04 bits per heavy atom. The summed E-state index contributed by atoms with van der Waals surface area (Å²) in [7, 11) is 4.87. The van der Waals surface area contributed by atoms with Gasteiger partial charge in [-0.05, 0) is 28.5 Å². The third-order valence-corrected chi connectivity index (χ3v) is 4.83. The van der Waals surface area contributed by atoms with Crippen molar-refractivity contribution >= 4 is 5.95 Å². The molecule has 1 aliphatic heterocycles. The molecule has 8 heteroatoms. The summed E-state index contributed by atoms with van der Waals surface area (Å²) in [5, 5.41) is 15.6. The Bertz CT molecular complexity index is 928. The fraction of sp³-hybridized carbons (Fsp3) is 0.316. The molecule has 27 heavy (non-hydrogen) atoms. The van der Waals surface area contributed by atoms with Crippen molar-refractivity contribution in [1.82, 2.24) is 20.2 Å². The van der Waals surface area contributed by atoms with Crippen molar-refractivity contribution in [1.29, 1.82) is 0 Å². The first kappa shape index (κ1) is 17.1. The number of hydrogen-bond acceptors (Lipinski definition) is 7. The zero-order valence-corrected chi connectivity index (χ0v) is 15.4. The van der Waals surface area contributed by atoms with Crippen molar-refractivity contribution < 1.29 is 14.2 Å². The van der Waals surface area contributed by atoms with Crippen LogP contribution in [0.5, 0.6) is 17.2 Å².